The number of hydrogen-bond donors (Lipinski definition) is 1. The normalized spacial score (nSPS) is 11.1. The molecule has 0 aliphatic carbocycles. The fraction of sp³-hybridized carbons (Fsp3) is 0.643. The van der Waals surface area contributed by atoms with Crippen molar-refractivity contribution in [3.05, 3.63) is 23.4 Å². The molecule has 96 valence electrons. The molecule has 17 heavy (non-hydrogen) atoms. The monoisotopic (exact) mass is 252 g/mol. The van der Waals surface area contributed by atoms with E-state index < -0.39 is 0 Å². The van der Waals surface area contributed by atoms with Gasteiger partial charge in [-0.2, -0.15) is 0 Å². The Morgan fingerprint density at radius 2 is 1.94 bits per heavy atom. The molecule has 0 spiro atoms. The highest BCUT2D eigenvalue weighted by Gasteiger charge is 2.02. The minimum absolute atomic E-state index is 0.669. The molecule has 1 heterocycles. The second kappa shape index (κ2) is 7.72. The molecule has 0 saturated carbocycles. The van der Waals surface area contributed by atoms with Crippen LogP contribution >= 0.6 is 11.8 Å². The summed E-state index contributed by atoms with van der Waals surface area (Å²) in [6.07, 6.45) is 2.42. The summed E-state index contributed by atoms with van der Waals surface area (Å²) in [7, 11) is 0. The van der Waals surface area contributed by atoms with E-state index in [0.717, 1.165) is 23.0 Å². The predicted octanol–water partition coefficient (Wildman–Crippen LogP) is 3.57. The average molecular weight is 252 g/mol. The number of aromatic nitrogens is 1. The molecule has 1 aromatic heterocycles. The van der Waals surface area contributed by atoms with Gasteiger partial charge in [0.25, 0.3) is 0 Å². The quantitative estimate of drug-likeness (QED) is 0.593. The second-order valence-electron chi connectivity index (χ2n) is 4.44. The predicted molar refractivity (Wildman–Crippen MR) is 76.8 cm³/mol. The van der Waals surface area contributed by atoms with Gasteiger partial charge in [0.1, 0.15) is 0 Å². The van der Waals surface area contributed by atoms with E-state index in [4.69, 9.17) is 0 Å². The number of nitrogens with zero attached hydrogens (tertiary/aromatic N) is 1. The maximum absolute atomic E-state index is 4.53. The lowest BCUT2D eigenvalue weighted by Crippen LogP contribution is -2.29. The molecule has 0 amide bonds. The topological polar surface area (TPSA) is 24.9 Å². The molecule has 0 aromatic carbocycles. The summed E-state index contributed by atoms with van der Waals surface area (Å²) >= 11 is 1.84. The zero-order valence-electron chi connectivity index (χ0n) is 11.4. The third-order valence-corrected chi connectivity index (χ3v) is 3.76. The molecule has 0 bridgehead atoms. The lowest BCUT2D eigenvalue weighted by atomic mass is 10.2. The maximum Gasteiger partial charge on any atom is 0.0966 e. The van der Waals surface area contributed by atoms with E-state index in [2.05, 4.69) is 50.1 Å². The Balaban J connectivity index is 2.31. The van der Waals surface area contributed by atoms with Crippen molar-refractivity contribution in [3.63, 3.8) is 0 Å². The lowest BCUT2D eigenvalue weighted by molar-refractivity contribution is 0.501. The van der Waals surface area contributed by atoms with Crippen LogP contribution in [-0.4, -0.2) is 23.3 Å². The Labute approximate surface area is 110 Å². The van der Waals surface area contributed by atoms with Crippen LogP contribution in [0.1, 0.15) is 37.9 Å². The first kappa shape index (κ1) is 14.5. The van der Waals surface area contributed by atoms with Crippen LogP contribution in [0, 0.1) is 13.8 Å². The summed E-state index contributed by atoms with van der Waals surface area (Å²) in [6.45, 7) is 9.71. The van der Waals surface area contributed by atoms with Gasteiger partial charge in [-0.05, 0) is 44.4 Å². The van der Waals surface area contributed by atoms with Gasteiger partial charge < -0.3 is 5.32 Å². The molecule has 0 saturated heterocycles. The van der Waals surface area contributed by atoms with E-state index in [-0.39, 0.29) is 0 Å². The summed E-state index contributed by atoms with van der Waals surface area (Å²) < 4.78 is 0. The molecule has 2 nitrogen and oxygen atoms in total. The van der Waals surface area contributed by atoms with Crippen molar-refractivity contribution in [2.75, 3.05) is 12.3 Å². The Kier molecular flexibility index (Phi) is 6.60. The number of thioether (sulfide) groups is 1. The van der Waals surface area contributed by atoms with Gasteiger partial charge in [-0.15, -0.1) is 11.8 Å². The van der Waals surface area contributed by atoms with Crippen LogP contribution in [0.3, 0.4) is 0 Å². The molecule has 0 radical (unpaired) electrons. The minimum atomic E-state index is 0.669. The number of rotatable bonds is 7. The fourth-order valence-corrected chi connectivity index (χ4v) is 2.78. The van der Waals surface area contributed by atoms with E-state index in [1.807, 2.05) is 11.8 Å². The fourth-order valence-electron chi connectivity index (χ4n) is 1.87. The highest BCUT2D eigenvalue weighted by Crippen LogP contribution is 2.16. The third-order valence-electron chi connectivity index (χ3n) is 2.84. The molecular weight excluding hydrogens is 228 g/mol. The highest BCUT2D eigenvalue weighted by molar-refractivity contribution is 7.99. The Morgan fingerprint density at radius 3 is 2.53 bits per heavy atom. The van der Waals surface area contributed by atoms with Crippen LogP contribution < -0.4 is 5.32 Å². The first-order valence-electron chi connectivity index (χ1n) is 6.47. The Morgan fingerprint density at radius 1 is 1.24 bits per heavy atom. The van der Waals surface area contributed by atoms with Crippen LogP contribution in [0.15, 0.2) is 17.2 Å². The molecule has 1 aromatic rings. The third kappa shape index (κ3) is 5.55. The molecule has 0 fully saturated rings. The van der Waals surface area contributed by atoms with Gasteiger partial charge in [0, 0.05) is 24.0 Å². The molecule has 0 aliphatic heterocycles. The van der Waals surface area contributed by atoms with Crippen LogP contribution in [0.4, 0.5) is 0 Å². The van der Waals surface area contributed by atoms with Gasteiger partial charge in [-0.3, -0.25) is 0 Å². The number of aryl methyl sites for hydroxylation is 2. The van der Waals surface area contributed by atoms with Crippen molar-refractivity contribution in [2.24, 2.45) is 0 Å². The van der Waals surface area contributed by atoms with Crippen molar-refractivity contribution in [1.82, 2.24) is 10.3 Å². The van der Waals surface area contributed by atoms with Gasteiger partial charge in [0.15, 0.2) is 0 Å². The molecule has 0 unspecified atom stereocenters. The Bertz CT molecular complexity index is 315. The van der Waals surface area contributed by atoms with Gasteiger partial charge in [0.05, 0.1) is 5.03 Å². The van der Waals surface area contributed by atoms with Gasteiger partial charge >= 0.3 is 0 Å². The van der Waals surface area contributed by atoms with Crippen molar-refractivity contribution in [2.45, 2.75) is 51.6 Å². The minimum Gasteiger partial charge on any atom is -0.313 e. The Hall–Kier alpha value is -0.540. The SMILES string of the molecule is CCC(CC)NCCSc1cc(C)cc(C)n1. The summed E-state index contributed by atoms with van der Waals surface area (Å²) in [5.41, 5.74) is 2.41. The summed E-state index contributed by atoms with van der Waals surface area (Å²) in [5, 5.41) is 4.72. The number of hydrogen-bond acceptors (Lipinski definition) is 3. The van der Waals surface area contributed by atoms with Crippen LogP contribution in [0.25, 0.3) is 0 Å². The van der Waals surface area contributed by atoms with Gasteiger partial charge in [-0.25, -0.2) is 4.98 Å². The smallest absolute Gasteiger partial charge is 0.0966 e. The zero-order valence-corrected chi connectivity index (χ0v) is 12.2. The van der Waals surface area contributed by atoms with E-state index in [1.54, 1.807) is 0 Å². The van der Waals surface area contributed by atoms with Gasteiger partial charge in [0.2, 0.25) is 0 Å². The summed E-state index contributed by atoms with van der Waals surface area (Å²) in [5.74, 6) is 1.09. The first-order chi connectivity index (χ1) is 8.15. The molecule has 1 N–H and O–H groups in total. The van der Waals surface area contributed by atoms with Crippen molar-refractivity contribution < 1.29 is 0 Å². The van der Waals surface area contributed by atoms with Crippen molar-refractivity contribution >= 4 is 11.8 Å². The maximum atomic E-state index is 4.53. The average Bonchev–Trinajstić information content (AvgIpc) is 2.28. The summed E-state index contributed by atoms with van der Waals surface area (Å²) in [4.78, 5) is 4.53. The first-order valence-corrected chi connectivity index (χ1v) is 7.45. The van der Waals surface area contributed by atoms with Crippen LogP contribution in [-0.2, 0) is 0 Å². The number of pyridine rings is 1. The highest BCUT2D eigenvalue weighted by atomic mass is 32.2. The number of nitrogens with one attached hydrogen (secondary N) is 1. The van der Waals surface area contributed by atoms with Gasteiger partial charge in [-0.1, -0.05) is 13.8 Å². The second-order valence-corrected chi connectivity index (χ2v) is 5.56. The van der Waals surface area contributed by atoms with Crippen LogP contribution in [0.5, 0.6) is 0 Å². The van der Waals surface area contributed by atoms with E-state index >= 15 is 0 Å². The van der Waals surface area contributed by atoms with Crippen LogP contribution in [0.2, 0.25) is 0 Å². The molecule has 1 rings (SSSR count). The zero-order chi connectivity index (χ0) is 12.7. The van der Waals surface area contributed by atoms with E-state index in [9.17, 15) is 0 Å². The van der Waals surface area contributed by atoms with Crippen molar-refractivity contribution in [1.29, 1.82) is 0 Å². The largest absolute Gasteiger partial charge is 0.313 e. The van der Waals surface area contributed by atoms with Crippen molar-refractivity contribution in [3.8, 4) is 0 Å². The van der Waals surface area contributed by atoms with E-state index in [0.29, 0.717) is 6.04 Å². The summed E-state index contributed by atoms with van der Waals surface area (Å²) in [6, 6.07) is 4.95. The standard InChI is InChI=1S/C14H24N2S/c1-5-13(6-2)15-7-8-17-14-10-11(3)9-12(4)16-14/h9-10,13,15H,5-8H2,1-4H3. The van der Waals surface area contributed by atoms with E-state index in [1.165, 1.54) is 18.4 Å². The molecule has 3 heteroatoms. The molecule has 0 atom stereocenters. The lowest BCUT2D eigenvalue weighted by Gasteiger charge is -2.14. The molecular formula is C14H24N2S. The molecule has 0 aliphatic rings.